The molecule has 42 heavy (non-hydrogen) atoms. The van der Waals surface area contributed by atoms with Crippen molar-refractivity contribution in [3.8, 4) is 28.6 Å². The van der Waals surface area contributed by atoms with Gasteiger partial charge in [0, 0.05) is 27.1 Å². The number of nitriles is 1. The minimum atomic E-state index is 0.453. The fraction of sp³-hybridized carbons (Fsp3) is 0. The Bertz CT molecular complexity index is 2300. The maximum absolute atomic E-state index is 9.68. The second-order valence-corrected chi connectivity index (χ2v) is 10.4. The lowest BCUT2D eigenvalue weighted by Gasteiger charge is -2.18. The van der Waals surface area contributed by atoms with Crippen molar-refractivity contribution in [2.24, 2.45) is 0 Å². The van der Waals surface area contributed by atoms with E-state index in [4.69, 9.17) is 6.57 Å². The summed E-state index contributed by atoms with van der Waals surface area (Å²) in [6.45, 7) is 7.60. The summed E-state index contributed by atoms with van der Waals surface area (Å²) in [4.78, 5) is 3.64. The first-order valence-electron chi connectivity index (χ1n) is 13.8. The Morgan fingerprint density at radius 1 is 0.500 bits per heavy atom. The third-order valence-electron chi connectivity index (χ3n) is 8.13. The summed E-state index contributed by atoms with van der Waals surface area (Å²) >= 11 is 0. The molecule has 0 atom stereocenters. The highest BCUT2D eigenvalue weighted by Gasteiger charge is 2.20. The largest absolute Gasteiger partial charge is 0.307 e. The van der Waals surface area contributed by atoms with Crippen LogP contribution in [0.4, 0.5) is 5.69 Å². The average Bonchev–Trinajstić information content (AvgIpc) is 3.57. The molecule has 0 aliphatic heterocycles. The van der Waals surface area contributed by atoms with Crippen molar-refractivity contribution in [3.05, 3.63) is 150 Å². The van der Waals surface area contributed by atoms with E-state index in [0.29, 0.717) is 11.3 Å². The number of hydrogen-bond donors (Lipinski definition) is 0. The number of benzene rings is 6. The Hall–Kier alpha value is -6.10. The molecule has 0 bridgehead atoms. The molecule has 0 N–H and O–H groups in total. The van der Waals surface area contributed by atoms with E-state index in [-0.39, 0.29) is 0 Å². The first-order valence-corrected chi connectivity index (χ1v) is 13.8. The predicted molar refractivity (Wildman–Crippen MR) is 172 cm³/mol. The van der Waals surface area contributed by atoms with Crippen LogP contribution in [0.25, 0.3) is 71.0 Å². The lowest BCUT2D eigenvalue weighted by atomic mass is 10.0. The molecule has 0 amide bonds. The Labute approximate surface area is 242 Å². The number of fused-ring (bicyclic) bond motifs is 6. The zero-order valence-electron chi connectivity index (χ0n) is 22.5. The summed E-state index contributed by atoms with van der Waals surface area (Å²) in [5, 5.41) is 14.5. The molecule has 6 aromatic carbocycles. The molecule has 0 radical (unpaired) electrons. The van der Waals surface area contributed by atoms with E-state index in [1.54, 1.807) is 6.07 Å². The van der Waals surface area contributed by atoms with E-state index in [1.165, 1.54) is 21.5 Å². The molecule has 0 saturated carbocycles. The van der Waals surface area contributed by atoms with Crippen LogP contribution >= 0.6 is 0 Å². The minimum Gasteiger partial charge on any atom is -0.307 e. The summed E-state index contributed by atoms with van der Waals surface area (Å²) in [5.74, 6) is 0. The van der Waals surface area contributed by atoms with Crippen LogP contribution in [0.5, 0.6) is 0 Å². The smallest absolute Gasteiger partial charge is 0.189 e. The highest BCUT2D eigenvalue weighted by Crippen LogP contribution is 2.40. The standard InChI is InChI=1S/C38H22N4/c1-40-28-21-25(24-39)20-27(22-28)26-18-19-37(41-33-14-6-2-10-29(33)30-11-3-7-15-34(30)41)38(23-26)42-35-16-8-4-12-31(35)32-13-5-9-17-36(32)42/h2-23H. The highest BCUT2D eigenvalue weighted by molar-refractivity contribution is 6.11. The van der Waals surface area contributed by atoms with Gasteiger partial charge in [-0.15, -0.1) is 0 Å². The zero-order valence-corrected chi connectivity index (χ0v) is 22.5. The summed E-state index contributed by atoms with van der Waals surface area (Å²) in [5.41, 5.74) is 9.28. The average molecular weight is 535 g/mol. The van der Waals surface area contributed by atoms with Crippen molar-refractivity contribution in [3.63, 3.8) is 0 Å². The number of rotatable bonds is 3. The van der Waals surface area contributed by atoms with Crippen LogP contribution in [-0.2, 0) is 0 Å². The summed E-state index contributed by atoms with van der Waals surface area (Å²) in [6.07, 6.45) is 0. The van der Waals surface area contributed by atoms with Crippen molar-refractivity contribution in [2.75, 3.05) is 0 Å². The van der Waals surface area contributed by atoms with Gasteiger partial charge in [-0.2, -0.15) is 5.26 Å². The van der Waals surface area contributed by atoms with Gasteiger partial charge in [0.25, 0.3) is 0 Å². The third kappa shape index (κ3) is 3.47. The fourth-order valence-corrected chi connectivity index (χ4v) is 6.34. The lowest BCUT2D eigenvalue weighted by Crippen LogP contribution is -2.04. The number of aromatic nitrogens is 2. The molecule has 4 heteroatoms. The van der Waals surface area contributed by atoms with Crippen molar-refractivity contribution < 1.29 is 0 Å². The maximum Gasteiger partial charge on any atom is 0.189 e. The Morgan fingerprint density at radius 2 is 0.976 bits per heavy atom. The van der Waals surface area contributed by atoms with E-state index in [2.05, 4.69) is 135 Å². The van der Waals surface area contributed by atoms with Gasteiger partial charge in [0.05, 0.1) is 46.1 Å². The van der Waals surface area contributed by atoms with Gasteiger partial charge in [0.2, 0.25) is 0 Å². The Morgan fingerprint density at radius 3 is 1.45 bits per heavy atom. The van der Waals surface area contributed by atoms with Crippen LogP contribution in [0, 0.1) is 17.9 Å². The molecular formula is C38H22N4. The molecule has 8 aromatic rings. The maximum atomic E-state index is 9.68. The molecule has 4 nitrogen and oxygen atoms in total. The zero-order chi connectivity index (χ0) is 28.2. The molecule has 8 rings (SSSR count). The number of para-hydroxylation sites is 4. The van der Waals surface area contributed by atoms with Crippen molar-refractivity contribution in [1.82, 2.24) is 9.13 Å². The van der Waals surface area contributed by atoms with Crippen LogP contribution in [0.15, 0.2) is 133 Å². The highest BCUT2D eigenvalue weighted by atomic mass is 15.1. The van der Waals surface area contributed by atoms with Gasteiger partial charge in [-0.05, 0) is 65.7 Å². The van der Waals surface area contributed by atoms with E-state index in [0.717, 1.165) is 44.6 Å². The monoisotopic (exact) mass is 534 g/mol. The first kappa shape index (κ1) is 23.8. The normalized spacial score (nSPS) is 11.3. The molecule has 0 unspecified atom stereocenters. The van der Waals surface area contributed by atoms with Gasteiger partial charge in [0.15, 0.2) is 5.69 Å². The van der Waals surface area contributed by atoms with Gasteiger partial charge in [-0.1, -0.05) is 78.9 Å². The van der Waals surface area contributed by atoms with Crippen molar-refractivity contribution in [1.29, 1.82) is 5.26 Å². The van der Waals surface area contributed by atoms with E-state index < -0.39 is 0 Å². The van der Waals surface area contributed by atoms with Crippen LogP contribution in [-0.4, -0.2) is 9.13 Å². The van der Waals surface area contributed by atoms with Gasteiger partial charge in [0.1, 0.15) is 0 Å². The number of nitrogens with zero attached hydrogens (tertiary/aromatic N) is 4. The molecule has 2 aromatic heterocycles. The predicted octanol–water partition coefficient (Wildman–Crippen LogP) is 9.97. The third-order valence-corrected chi connectivity index (χ3v) is 8.13. The molecule has 0 saturated heterocycles. The summed E-state index contributed by atoms with van der Waals surface area (Å²) in [6, 6.07) is 48.2. The summed E-state index contributed by atoms with van der Waals surface area (Å²) in [7, 11) is 0. The van der Waals surface area contributed by atoms with E-state index >= 15 is 0 Å². The molecular weight excluding hydrogens is 512 g/mol. The van der Waals surface area contributed by atoms with Crippen LogP contribution < -0.4 is 0 Å². The van der Waals surface area contributed by atoms with Gasteiger partial charge >= 0.3 is 0 Å². The topological polar surface area (TPSA) is 38.0 Å². The summed E-state index contributed by atoms with van der Waals surface area (Å²) < 4.78 is 4.69. The van der Waals surface area contributed by atoms with Crippen molar-refractivity contribution >= 4 is 49.3 Å². The SMILES string of the molecule is [C-]#[N+]c1cc(C#N)cc(-c2ccc(-n3c4ccccc4c4ccccc43)c(-n3c4ccccc4c4ccccc43)c2)c1. The molecule has 0 spiro atoms. The molecule has 2 heterocycles. The molecule has 0 aliphatic rings. The number of hydrogen-bond acceptors (Lipinski definition) is 1. The van der Waals surface area contributed by atoms with Crippen LogP contribution in [0.3, 0.4) is 0 Å². The quantitative estimate of drug-likeness (QED) is 0.208. The lowest BCUT2D eigenvalue weighted by molar-refractivity contribution is 1.10. The van der Waals surface area contributed by atoms with Gasteiger partial charge < -0.3 is 9.13 Å². The second kappa shape index (κ2) is 9.24. The Balaban J connectivity index is 1.53. The van der Waals surface area contributed by atoms with Gasteiger partial charge in [-0.25, -0.2) is 4.85 Å². The minimum absolute atomic E-state index is 0.453. The van der Waals surface area contributed by atoms with E-state index in [1.807, 2.05) is 12.1 Å². The van der Waals surface area contributed by atoms with Gasteiger partial charge in [-0.3, -0.25) is 0 Å². The molecule has 0 fully saturated rings. The first-order chi connectivity index (χ1) is 20.7. The van der Waals surface area contributed by atoms with Crippen molar-refractivity contribution in [2.45, 2.75) is 0 Å². The Kier molecular flexibility index (Phi) is 5.22. The second-order valence-electron chi connectivity index (χ2n) is 10.4. The fourth-order valence-electron chi connectivity index (χ4n) is 6.34. The molecule has 194 valence electrons. The van der Waals surface area contributed by atoms with Crippen LogP contribution in [0.2, 0.25) is 0 Å². The van der Waals surface area contributed by atoms with E-state index in [9.17, 15) is 5.26 Å². The molecule has 0 aliphatic carbocycles. The van der Waals surface area contributed by atoms with Crippen LogP contribution in [0.1, 0.15) is 5.56 Å².